The van der Waals surface area contributed by atoms with Crippen LogP contribution in [-0.2, 0) is 22.4 Å². The van der Waals surface area contributed by atoms with Crippen LogP contribution in [0.1, 0.15) is 61.0 Å². The fraction of sp³-hybridized carbons (Fsp3) is 0.429. The van der Waals surface area contributed by atoms with Gasteiger partial charge in [-0.3, -0.25) is 24.8 Å². The van der Waals surface area contributed by atoms with Crippen molar-refractivity contribution in [3.05, 3.63) is 58.9 Å². The maximum atomic E-state index is 13.6. The molecule has 3 aromatic heterocycles. The lowest BCUT2D eigenvalue weighted by atomic mass is 9.99. The van der Waals surface area contributed by atoms with E-state index in [0.717, 1.165) is 64.1 Å². The minimum absolute atomic E-state index is 0.0645. The number of aryl methyl sites for hydroxylation is 1. The van der Waals surface area contributed by atoms with E-state index in [1.54, 1.807) is 17.3 Å². The predicted molar refractivity (Wildman–Crippen MR) is 146 cm³/mol. The van der Waals surface area contributed by atoms with E-state index in [1.807, 2.05) is 13.0 Å². The summed E-state index contributed by atoms with van der Waals surface area (Å²) >= 11 is 1.40. The van der Waals surface area contributed by atoms with Crippen molar-refractivity contribution in [1.29, 1.82) is 0 Å². The SMILES string of the molecule is C=CC(=O)N[C@H]1CCC[C@H]1NC(O)c1sc2nccc3c2c1CC(=O)N3c1cnc(CC(C)C)cc1C. The number of carbonyl (C=O) groups is 2. The third kappa shape index (κ3) is 4.91. The van der Waals surface area contributed by atoms with Crippen molar-refractivity contribution < 1.29 is 14.7 Å². The molecule has 2 aliphatic rings. The number of hydrogen-bond donors (Lipinski definition) is 3. The van der Waals surface area contributed by atoms with Crippen molar-refractivity contribution in [2.24, 2.45) is 5.92 Å². The zero-order valence-corrected chi connectivity index (χ0v) is 22.3. The van der Waals surface area contributed by atoms with Crippen LogP contribution in [0.4, 0.5) is 11.4 Å². The Morgan fingerprint density at radius 3 is 2.81 bits per heavy atom. The molecule has 0 saturated heterocycles. The van der Waals surface area contributed by atoms with Crippen LogP contribution in [0.3, 0.4) is 0 Å². The second-order valence-corrected chi connectivity index (χ2v) is 11.4. The summed E-state index contributed by atoms with van der Waals surface area (Å²) < 4.78 is 0. The normalized spacial score (nSPS) is 20.0. The lowest BCUT2D eigenvalue weighted by Crippen LogP contribution is -2.47. The molecule has 1 aliphatic carbocycles. The summed E-state index contributed by atoms with van der Waals surface area (Å²) in [6, 6.07) is 3.77. The second kappa shape index (κ2) is 10.3. The van der Waals surface area contributed by atoms with Crippen molar-refractivity contribution >= 4 is 44.7 Å². The van der Waals surface area contributed by atoms with Gasteiger partial charge < -0.3 is 10.4 Å². The first-order chi connectivity index (χ1) is 17.8. The number of aromatic nitrogens is 2. The predicted octanol–water partition coefficient (Wildman–Crippen LogP) is 4.22. The molecule has 3 N–H and O–H groups in total. The molecule has 3 atom stereocenters. The Morgan fingerprint density at radius 1 is 1.30 bits per heavy atom. The van der Waals surface area contributed by atoms with Gasteiger partial charge in [0, 0.05) is 29.4 Å². The van der Waals surface area contributed by atoms with E-state index in [2.05, 4.69) is 47.1 Å². The molecule has 1 fully saturated rings. The zero-order chi connectivity index (χ0) is 26.3. The third-order valence-corrected chi connectivity index (χ3v) is 8.36. The van der Waals surface area contributed by atoms with Gasteiger partial charge in [-0.25, -0.2) is 4.98 Å². The highest BCUT2D eigenvalue weighted by Gasteiger charge is 2.35. The highest BCUT2D eigenvalue weighted by Crippen LogP contribution is 2.45. The third-order valence-electron chi connectivity index (χ3n) is 7.17. The first kappa shape index (κ1) is 25.5. The van der Waals surface area contributed by atoms with Crippen molar-refractivity contribution in [2.75, 3.05) is 4.90 Å². The Hall–Kier alpha value is -3.14. The van der Waals surface area contributed by atoms with Crippen LogP contribution >= 0.6 is 11.3 Å². The molecular weight excluding hydrogens is 486 g/mol. The summed E-state index contributed by atoms with van der Waals surface area (Å²) in [4.78, 5) is 37.8. The van der Waals surface area contributed by atoms with Gasteiger partial charge in [0.1, 0.15) is 11.1 Å². The molecule has 194 valence electrons. The first-order valence-corrected chi connectivity index (χ1v) is 13.6. The topological polar surface area (TPSA) is 107 Å². The van der Waals surface area contributed by atoms with Crippen LogP contribution in [0.25, 0.3) is 10.2 Å². The monoisotopic (exact) mass is 519 g/mol. The number of nitrogens with one attached hydrogen (secondary N) is 2. The lowest BCUT2D eigenvalue weighted by molar-refractivity contribution is -0.118. The van der Waals surface area contributed by atoms with Crippen molar-refractivity contribution in [1.82, 2.24) is 20.6 Å². The zero-order valence-electron chi connectivity index (χ0n) is 21.5. The minimum Gasteiger partial charge on any atom is -0.373 e. The number of pyridine rings is 2. The molecular formula is C28H33N5O3S. The van der Waals surface area contributed by atoms with E-state index < -0.39 is 6.23 Å². The Morgan fingerprint density at radius 2 is 2.08 bits per heavy atom. The van der Waals surface area contributed by atoms with E-state index in [1.165, 1.54) is 17.4 Å². The van der Waals surface area contributed by atoms with E-state index in [4.69, 9.17) is 0 Å². The molecule has 0 aromatic carbocycles. The summed E-state index contributed by atoms with van der Waals surface area (Å²) in [6.45, 7) is 9.86. The standard InChI is InChI=1S/C28H33N5O3S/c1-5-23(34)31-19-7-6-8-20(19)32-27(36)26-18-13-24(35)33(21-9-10-29-28(37-26)25(18)21)22-14-30-17(11-15(2)3)12-16(22)4/h5,9-10,12,14-15,19-20,27,32,36H,1,6-8,11,13H2,2-4H3,(H,31,34)/t19-,20+,27?/m0/s1. The van der Waals surface area contributed by atoms with Gasteiger partial charge in [-0.2, -0.15) is 0 Å². The van der Waals surface area contributed by atoms with Crippen LogP contribution in [0.15, 0.2) is 37.2 Å². The Kier molecular flexibility index (Phi) is 7.11. The molecule has 0 spiro atoms. The fourth-order valence-electron chi connectivity index (χ4n) is 5.52. The smallest absolute Gasteiger partial charge is 0.243 e. The Labute approximate surface area is 220 Å². The molecule has 3 aromatic rings. The van der Waals surface area contributed by atoms with Gasteiger partial charge in [-0.05, 0) is 67.9 Å². The van der Waals surface area contributed by atoms with Crippen LogP contribution in [0, 0.1) is 12.8 Å². The highest BCUT2D eigenvalue weighted by molar-refractivity contribution is 7.19. The first-order valence-electron chi connectivity index (χ1n) is 12.8. The van der Waals surface area contributed by atoms with Gasteiger partial charge >= 0.3 is 0 Å². The average Bonchev–Trinajstić information content (AvgIpc) is 3.44. The van der Waals surface area contributed by atoms with Crippen LogP contribution in [-0.4, -0.2) is 39.0 Å². The Bertz CT molecular complexity index is 1370. The number of aliphatic hydroxyl groups is 1. The van der Waals surface area contributed by atoms with Crippen molar-refractivity contribution in [3.8, 4) is 0 Å². The quantitative estimate of drug-likeness (QED) is 0.304. The van der Waals surface area contributed by atoms with Gasteiger partial charge in [-0.15, -0.1) is 11.3 Å². The number of amides is 2. The van der Waals surface area contributed by atoms with Gasteiger partial charge in [0.25, 0.3) is 0 Å². The number of nitrogens with zero attached hydrogens (tertiary/aromatic N) is 3. The number of thiophene rings is 1. The van der Waals surface area contributed by atoms with E-state index in [-0.39, 0.29) is 30.3 Å². The number of aliphatic hydroxyl groups excluding tert-OH is 1. The van der Waals surface area contributed by atoms with Crippen LogP contribution in [0.5, 0.6) is 0 Å². The van der Waals surface area contributed by atoms with Gasteiger partial charge in [0.05, 0.1) is 28.9 Å². The number of anilines is 2. The second-order valence-electron chi connectivity index (χ2n) is 10.3. The molecule has 1 aliphatic heterocycles. The number of hydrogen-bond acceptors (Lipinski definition) is 7. The van der Waals surface area contributed by atoms with Gasteiger partial charge in [-0.1, -0.05) is 20.4 Å². The molecule has 4 heterocycles. The summed E-state index contributed by atoms with van der Waals surface area (Å²) in [5, 5.41) is 18.4. The van der Waals surface area contributed by atoms with Crippen molar-refractivity contribution in [2.45, 2.75) is 71.2 Å². The minimum atomic E-state index is -0.966. The summed E-state index contributed by atoms with van der Waals surface area (Å²) in [6.07, 6.45) is 7.49. The van der Waals surface area contributed by atoms with E-state index >= 15 is 0 Å². The molecule has 0 radical (unpaired) electrons. The molecule has 5 rings (SSSR count). The highest BCUT2D eigenvalue weighted by atomic mass is 32.1. The molecule has 37 heavy (non-hydrogen) atoms. The maximum Gasteiger partial charge on any atom is 0.243 e. The molecule has 2 amide bonds. The van der Waals surface area contributed by atoms with Gasteiger partial charge in [0.15, 0.2) is 0 Å². The number of rotatable bonds is 8. The van der Waals surface area contributed by atoms with Gasteiger partial charge in [0.2, 0.25) is 11.8 Å². The Balaban J connectivity index is 1.47. The summed E-state index contributed by atoms with van der Waals surface area (Å²) in [7, 11) is 0. The largest absolute Gasteiger partial charge is 0.373 e. The number of carbonyl (C=O) groups excluding carboxylic acids is 2. The van der Waals surface area contributed by atoms with E-state index in [9.17, 15) is 14.7 Å². The molecule has 9 heteroatoms. The maximum absolute atomic E-state index is 13.6. The lowest BCUT2D eigenvalue weighted by Gasteiger charge is -2.30. The van der Waals surface area contributed by atoms with Crippen molar-refractivity contribution in [3.63, 3.8) is 0 Å². The fourth-order valence-corrected chi connectivity index (χ4v) is 6.65. The summed E-state index contributed by atoms with van der Waals surface area (Å²) in [5.41, 5.74) is 4.37. The van der Waals surface area contributed by atoms with E-state index in [0.29, 0.717) is 10.8 Å². The average molecular weight is 520 g/mol. The van der Waals surface area contributed by atoms with Crippen LogP contribution in [0.2, 0.25) is 0 Å². The van der Waals surface area contributed by atoms with Crippen LogP contribution < -0.4 is 15.5 Å². The molecule has 0 bridgehead atoms. The summed E-state index contributed by atoms with van der Waals surface area (Å²) in [5.74, 6) is 0.218. The molecule has 1 unspecified atom stereocenters. The molecule has 8 nitrogen and oxygen atoms in total. The molecule has 1 saturated carbocycles.